The van der Waals surface area contributed by atoms with E-state index >= 15 is 0 Å². The molecule has 0 unspecified atom stereocenters. The Bertz CT molecular complexity index is 1530. The number of fused-ring (bicyclic) bond motifs is 3. The molecule has 0 radical (unpaired) electrons. The summed E-state index contributed by atoms with van der Waals surface area (Å²) in [7, 11) is 0. The van der Waals surface area contributed by atoms with Crippen LogP contribution in [-0.4, -0.2) is 40.5 Å². The average Bonchev–Trinajstić information content (AvgIpc) is 3.41. The number of rotatable bonds is 4. The summed E-state index contributed by atoms with van der Waals surface area (Å²) in [5, 5.41) is 16.2. The van der Waals surface area contributed by atoms with E-state index in [0.29, 0.717) is 29.3 Å². The highest BCUT2D eigenvalue weighted by atomic mass is 16.3. The van der Waals surface area contributed by atoms with Crippen LogP contribution in [0.1, 0.15) is 42.9 Å². The molecule has 0 spiro atoms. The van der Waals surface area contributed by atoms with E-state index in [4.69, 9.17) is 0 Å². The zero-order valence-corrected chi connectivity index (χ0v) is 18.6. The fraction of sp³-hybridized carbons (Fsp3) is 0.269. The van der Waals surface area contributed by atoms with Gasteiger partial charge in [0.05, 0.1) is 29.4 Å². The second-order valence-electron chi connectivity index (χ2n) is 8.86. The van der Waals surface area contributed by atoms with Gasteiger partial charge in [-0.1, -0.05) is 25.0 Å². The van der Waals surface area contributed by atoms with Gasteiger partial charge < -0.3 is 5.11 Å². The van der Waals surface area contributed by atoms with Gasteiger partial charge in [0, 0.05) is 30.2 Å². The summed E-state index contributed by atoms with van der Waals surface area (Å²) in [5.41, 5.74) is 3.19. The summed E-state index contributed by atoms with van der Waals surface area (Å²) in [5.74, 6) is 0.747. The van der Waals surface area contributed by atoms with Crippen LogP contribution in [0, 0.1) is 0 Å². The molecule has 1 N–H and O–H groups in total. The van der Waals surface area contributed by atoms with Crippen LogP contribution in [0.5, 0.6) is 0 Å². The summed E-state index contributed by atoms with van der Waals surface area (Å²) in [6.07, 6.45) is 12.3. The van der Waals surface area contributed by atoms with Crippen molar-refractivity contribution in [2.75, 3.05) is 0 Å². The van der Waals surface area contributed by atoms with Gasteiger partial charge in [0.15, 0.2) is 5.82 Å². The Morgan fingerprint density at radius 2 is 1.85 bits per heavy atom. The smallest absolute Gasteiger partial charge is 0.261 e. The quantitative estimate of drug-likeness (QED) is 0.419. The Morgan fingerprint density at radius 1 is 0.971 bits per heavy atom. The van der Waals surface area contributed by atoms with E-state index in [9.17, 15) is 9.90 Å². The third-order valence-corrected chi connectivity index (χ3v) is 6.72. The van der Waals surface area contributed by atoms with Crippen molar-refractivity contribution in [3.8, 4) is 5.82 Å². The van der Waals surface area contributed by atoms with Crippen molar-refractivity contribution in [2.24, 2.45) is 0 Å². The first-order valence-electron chi connectivity index (χ1n) is 11.6. The van der Waals surface area contributed by atoms with E-state index < -0.39 is 6.10 Å². The molecule has 6 rings (SSSR count). The maximum absolute atomic E-state index is 13.6. The van der Waals surface area contributed by atoms with Crippen molar-refractivity contribution in [1.29, 1.82) is 0 Å². The van der Waals surface area contributed by atoms with Gasteiger partial charge in [0.2, 0.25) is 0 Å². The molecule has 1 fully saturated rings. The van der Waals surface area contributed by atoms with Crippen LogP contribution in [-0.2, 0) is 6.42 Å². The molecule has 4 heterocycles. The lowest BCUT2D eigenvalue weighted by molar-refractivity contribution is 0.0735. The van der Waals surface area contributed by atoms with E-state index in [2.05, 4.69) is 20.1 Å². The number of aliphatic hydroxyl groups is 1. The van der Waals surface area contributed by atoms with Crippen molar-refractivity contribution in [3.05, 3.63) is 89.0 Å². The first kappa shape index (κ1) is 20.7. The number of pyridine rings is 2. The van der Waals surface area contributed by atoms with Gasteiger partial charge in [-0.05, 0) is 54.7 Å². The third kappa shape index (κ3) is 3.56. The minimum atomic E-state index is -0.525. The predicted molar refractivity (Wildman–Crippen MR) is 129 cm³/mol. The maximum atomic E-state index is 13.6. The molecule has 1 aliphatic rings. The van der Waals surface area contributed by atoms with Gasteiger partial charge in [-0.3, -0.25) is 14.3 Å². The molecule has 1 aromatic carbocycles. The van der Waals surface area contributed by atoms with Gasteiger partial charge in [-0.15, -0.1) is 0 Å². The number of aliphatic hydroxyl groups excluding tert-OH is 1. The number of hydrogen-bond donors (Lipinski definition) is 1. The summed E-state index contributed by atoms with van der Waals surface area (Å²) in [4.78, 5) is 27.3. The van der Waals surface area contributed by atoms with Crippen molar-refractivity contribution in [2.45, 2.75) is 44.2 Å². The Balaban J connectivity index is 1.45. The summed E-state index contributed by atoms with van der Waals surface area (Å²) in [6, 6.07) is 11.4. The Hall–Kier alpha value is -3.91. The molecule has 0 amide bonds. The third-order valence-electron chi connectivity index (χ3n) is 6.72. The molecule has 4 aromatic heterocycles. The molecule has 170 valence electrons. The predicted octanol–water partition coefficient (Wildman–Crippen LogP) is 3.59. The van der Waals surface area contributed by atoms with Crippen molar-refractivity contribution in [3.63, 3.8) is 0 Å². The second kappa shape index (κ2) is 8.46. The van der Waals surface area contributed by atoms with Crippen molar-refractivity contribution < 1.29 is 5.11 Å². The molecule has 0 saturated heterocycles. The van der Waals surface area contributed by atoms with Gasteiger partial charge in [0.25, 0.3) is 5.56 Å². The first-order chi connectivity index (χ1) is 16.7. The lowest BCUT2D eigenvalue weighted by Crippen LogP contribution is -2.34. The van der Waals surface area contributed by atoms with Crippen molar-refractivity contribution >= 4 is 21.8 Å². The first-order valence-corrected chi connectivity index (χ1v) is 11.6. The van der Waals surface area contributed by atoms with E-state index in [1.54, 1.807) is 28.0 Å². The zero-order chi connectivity index (χ0) is 23.1. The van der Waals surface area contributed by atoms with Gasteiger partial charge >= 0.3 is 0 Å². The molecule has 34 heavy (non-hydrogen) atoms. The number of aromatic nitrogens is 6. The Morgan fingerprint density at radius 3 is 2.65 bits per heavy atom. The van der Waals surface area contributed by atoms with Crippen LogP contribution < -0.4 is 5.56 Å². The van der Waals surface area contributed by atoms with E-state index in [0.717, 1.165) is 41.6 Å². The molecule has 0 bridgehead atoms. The molecule has 8 heteroatoms. The van der Waals surface area contributed by atoms with Crippen molar-refractivity contribution in [1.82, 2.24) is 29.3 Å². The topological polar surface area (TPSA) is 98.7 Å². The summed E-state index contributed by atoms with van der Waals surface area (Å²) in [6.45, 7) is 0. The molecule has 1 aliphatic carbocycles. The number of nitrogens with zero attached hydrogens (tertiary/aromatic N) is 6. The number of hydrogen-bond acceptors (Lipinski definition) is 6. The second-order valence-corrected chi connectivity index (χ2v) is 8.86. The largest absolute Gasteiger partial charge is 0.391 e. The van der Waals surface area contributed by atoms with Crippen LogP contribution in [0.15, 0.2) is 72.3 Å². The fourth-order valence-corrected chi connectivity index (χ4v) is 4.99. The lowest BCUT2D eigenvalue weighted by Gasteiger charge is -2.29. The summed E-state index contributed by atoms with van der Waals surface area (Å²) >= 11 is 0. The van der Waals surface area contributed by atoms with Gasteiger partial charge in [-0.2, -0.15) is 5.10 Å². The van der Waals surface area contributed by atoms with Crippen LogP contribution in [0.4, 0.5) is 0 Å². The molecule has 2 atom stereocenters. The van der Waals surface area contributed by atoms with E-state index in [1.807, 2.05) is 48.8 Å². The fourth-order valence-electron chi connectivity index (χ4n) is 4.99. The highest BCUT2D eigenvalue weighted by Crippen LogP contribution is 2.30. The number of benzene rings is 1. The molecular formula is C26H24N6O2. The molecule has 0 aliphatic heterocycles. The highest BCUT2D eigenvalue weighted by molar-refractivity contribution is 6.04. The van der Waals surface area contributed by atoms with E-state index in [1.165, 1.54) is 0 Å². The lowest BCUT2D eigenvalue weighted by atomic mass is 9.92. The average molecular weight is 453 g/mol. The molecular weight excluding hydrogens is 428 g/mol. The minimum absolute atomic E-state index is 0.128. The maximum Gasteiger partial charge on any atom is 0.261 e. The van der Waals surface area contributed by atoms with Crippen LogP contribution in [0.2, 0.25) is 0 Å². The highest BCUT2D eigenvalue weighted by Gasteiger charge is 2.26. The van der Waals surface area contributed by atoms with Gasteiger partial charge in [-0.25, -0.2) is 14.6 Å². The molecule has 1 saturated carbocycles. The summed E-state index contributed by atoms with van der Waals surface area (Å²) < 4.78 is 3.33. The van der Waals surface area contributed by atoms with Gasteiger partial charge in [0.1, 0.15) is 5.52 Å². The van der Waals surface area contributed by atoms with Crippen LogP contribution in [0.25, 0.3) is 27.6 Å². The Kier molecular flexibility index (Phi) is 5.15. The van der Waals surface area contributed by atoms with Crippen LogP contribution in [0.3, 0.4) is 0 Å². The standard InChI is InChI=1S/C26H24N6O2/c33-22-7-2-1-6-21(22)31-16-29-25-20(26(31)34)14-18(19-5-3-10-27-24(19)25)13-17-8-9-23(28-15-17)32-12-4-11-30-32/h3-5,8-12,14-16,21-22,33H,1-2,6-7,13H2/t21-,22-/m0/s1. The van der Waals surface area contributed by atoms with E-state index in [-0.39, 0.29) is 11.6 Å². The minimum Gasteiger partial charge on any atom is -0.391 e. The SMILES string of the molecule is O=c1c2cc(Cc3ccc(-n4cccn4)nc3)c3cccnc3c2ncn1[C@H]1CCCC[C@@H]1O. The Labute approximate surface area is 195 Å². The molecule has 8 nitrogen and oxygen atoms in total. The zero-order valence-electron chi connectivity index (χ0n) is 18.6. The monoisotopic (exact) mass is 452 g/mol. The molecule has 5 aromatic rings. The van der Waals surface area contributed by atoms with Crippen LogP contribution >= 0.6 is 0 Å². The normalized spacial score (nSPS) is 18.5.